The van der Waals surface area contributed by atoms with Crippen LogP contribution in [0.5, 0.6) is 0 Å². The summed E-state index contributed by atoms with van der Waals surface area (Å²) in [5.41, 5.74) is 1.01. The van der Waals surface area contributed by atoms with E-state index in [1.807, 2.05) is 0 Å². The molecule has 0 aliphatic heterocycles. The number of anilines is 1. The first-order valence-corrected chi connectivity index (χ1v) is 7.10. The van der Waals surface area contributed by atoms with E-state index in [1.165, 1.54) is 49.8 Å². The van der Waals surface area contributed by atoms with Crippen LogP contribution in [0.25, 0.3) is 0 Å². The Morgan fingerprint density at radius 3 is 2.09 bits per heavy atom. The molecule has 0 aliphatic carbocycles. The Kier molecular flexibility index (Phi) is 4.90. The minimum absolute atomic E-state index is 0.298. The lowest BCUT2D eigenvalue weighted by molar-refractivity contribution is 0.0592. The number of nitrogens with one attached hydrogen (secondary N) is 1. The predicted octanol–water partition coefficient (Wildman–Crippen LogP) is 2.57. The third-order valence-corrected chi connectivity index (χ3v) is 3.70. The van der Waals surface area contributed by atoms with Gasteiger partial charge in [-0.25, -0.2) is 9.59 Å². The highest BCUT2D eigenvalue weighted by Gasteiger charge is 2.16. The van der Waals surface area contributed by atoms with Gasteiger partial charge in [0.15, 0.2) is 0 Å². The molecule has 2 rings (SSSR count). The van der Waals surface area contributed by atoms with Crippen LogP contribution in [0.15, 0.2) is 35.7 Å². The number of ether oxygens (including phenoxy) is 2. The Balaban J connectivity index is 2.14. The largest absolute Gasteiger partial charge is 0.465 e. The minimum atomic E-state index is -0.516. The molecule has 2 aromatic rings. The number of hydrogen-bond acceptors (Lipinski definition) is 6. The maximum Gasteiger partial charge on any atom is 0.340 e. The highest BCUT2D eigenvalue weighted by atomic mass is 32.1. The van der Waals surface area contributed by atoms with E-state index in [1.54, 1.807) is 11.4 Å². The van der Waals surface area contributed by atoms with Crippen molar-refractivity contribution in [2.75, 3.05) is 19.5 Å². The maximum atomic E-state index is 12.2. The van der Waals surface area contributed by atoms with Crippen LogP contribution in [0, 0.1) is 0 Å². The molecule has 0 radical (unpaired) electrons. The van der Waals surface area contributed by atoms with Crippen LogP contribution in [-0.4, -0.2) is 32.1 Å². The predicted molar refractivity (Wildman–Crippen MR) is 81.4 cm³/mol. The summed E-state index contributed by atoms with van der Waals surface area (Å²) in [7, 11) is 2.56. The molecule has 0 aliphatic rings. The lowest BCUT2D eigenvalue weighted by Gasteiger charge is -2.06. The molecule has 0 bridgehead atoms. The number of hydrogen-bond donors (Lipinski definition) is 1. The van der Waals surface area contributed by atoms with Crippen LogP contribution < -0.4 is 5.32 Å². The lowest BCUT2D eigenvalue weighted by Crippen LogP contribution is -2.14. The minimum Gasteiger partial charge on any atom is -0.465 e. The molecule has 1 amide bonds. The van der Waals surface area contributed by atoms with E-state index in [2.05, 4.69) is 14.8 Å². The normalized spacial score (nSPS) is 9.91. The van der Waals surface area contributed by atoms with E-state index in [4.69, 9.17) is 0 Å². The van der Waals surface area contributed by atoms with Gasteiger partial charge in [-0.2, -0.15) is 0 Å². The van der Waals surface area contributed by atoms with E-state index in [-0.39, 0.29) is 5.91 Å². The highest BCUT2D eigenvalue weighted by molar-refractivity contribution is 7.14. The standard InChI is InChI=1S/C15H13NO5S/c1-20-14(18)10-5-3-9(4-6-10)12(17)16-13-11(7-8-22-13)15(19)21-2/h3-8H,1-2H3,(H,16,17). The average molecular weight is 319 g/mol. The number of carbonyl (C=O) groups excluding carboxylic acids is 3. The van der Waals surface area contributed by atoms with E-state index >= 15 is 0 Å². The zero-order valence-corrected chi connectivity index (χ0v) is 12.7. The topological polar surface area (TPSA) is 81.7 Å². The number of rotatable bonds is 4. The number of carbonyl (C=O) groups is 3. The first kappa shape index (κ1) is 15.7. The van der Waals surface area contributed by atoms with E-state index < -0.39 is 11.9 Å². The van der Waals surface area contributed by atoms with Crippen molar-refractivity contribution in [3.63, 3.8) is 0 Å². The van der Waals surface area contributed by atoms with Gasteiger partial charge in [-0.3, -0.25) is 4.79 Å². The Morgan fingerprint density at radius 2 is 1.50 bits per heavy atom. The van der Waals surface area contributed by atoms with Crippen molar-refractivity contribution in [2.24, 2.45) is 0 Å². The fourth-order valence-electron chi connectivity index (χ4n) is 1.73. The second-order valence-electron chi connectivity index (χ2n) is 4.18. The van der Waals surface area contributed by atoms with Gasteiger partial charge in [0.1, 0.15) is 5.00 Å². The molecule has 0 spiro atoms. The van der Waals surface area contributed by atoms with Crippen molar-refractivity contribution in [1.29, 1.82) is 0 Å². The molecule has 1 N–H and O–H groups in total. The summed E-state index contributed by atoms with van der Waals surface area (Å²) in [6.45, 7) is 0. The van der Waals surface area contributed by atoms with Crippen molar-refractivity contribution in [1.82, 2.24) is 0 Å². The molecule has 114 valence electrons. The summed E-state index contributed by atoms with van der Waals surface area (Å²) >= 11 is 1.22. The SMILES string of the molecule is COC(=O)c1ccc(C(=O)Nc2sccc2C(=O)OC)cc1. The van der Waals surface area contributed by atoms with Gasteiger partial charge in [-0.05, 0) is 35.7 Å². The van der Waals surface area contributed by atoms with Gasteiger partial charge in [0.05, 0.1) is 25.3 Å². The van der Waals surface area contributed by atoms with Crippen molar-refractivity contribution in [3.05, 3.63) is 52.4 Å². The molecule has 0 saturated heterocycles. The summed E-state index contributed by atoms with van der Waals surface area (Å²) in [6, 6.07) is 7.58. The van der Waals surface area contributed by atoms with Gasteiger partial charge in [0.25, 0.3) is 5.91 Å². The number of benzene rings is 1. The van der Waals surface area contributed by atoms with Crippen LogP contribution in [0.1, 0.15) is 31.1 Å². The maximum absolute atomic E-state index is 12.2. The smallest absolute Gasteiger partial charge is 0.340 e. The molecule has 1 heterocycles. The lowest BCUT2D eigenvalue weighted by atomic mass is 10.1. The molecule has 1 aromatic carbocycles. The molecule has 0 saturated carbocycles. The quantitative estimate of drug-likeness (QED) is 0.876. The Hall–Kier alpha value is -2.67. The zero-order chi connectivity index (χ0) is 16.1. The van der Waals surface area contributed by atoms with Gasteiger partial charge in [0.2, 0.25) is 0 Å². The van der Waals surface area contributed by atoms with Gasteiger partial charge < -0.3 is 14.8 Å². The van der Waals surface area contributed by atoms with Crippen molar-refractivity contribution >= 4 is 34.2 Å². The average Bonchev–Trinajstić information content (AvgIpc) is 3.01. The van der Waals surface area contributed by atoms with Crippen molar-refractivity contribution in [2.45, 2.75) is 0 Å². The molecule has 1 aromatic heterocycles. The monoisotopic (exact) mass is 319 g/mol. The molecule has 22 heavy (non-hydrogen) atoms. The Morgan fingerprint density at radius 1 is 0.909 bits per heavy atom. The zero-order valence-electron chi connectivity index (χ0n) is 11.9. The molecule has 0 fully saturated rings. The molecule has 7 heteroatoms. The van der Waals surface area contributed by atoms with Gasteiger partial charge in [-0.1, -0.05) is 0 Å². The molecule has 0 unspecified atom stereocenters. The number of esters is 2. The van der Waals surface area contributed by atoms with E-state index in [0.717, 1.165) is 0 Å². The number of methoxy groups -OCH3 is 2. The van der Waals surface area contributed by atoms with E-state index in [9.17, 15) is 14.4 Å². The Bertz CT molecular complexity index is 705. The van der Waals surface area contributed by atoms with Crippen LogP contribution in [0.4, 0.5) is 5.00 Å². The van der Waals surface area contributed by atoms with Crippen LogP contribution >= 0.6 is 11.3 Å². The molecule has 0 atom stereocenters. The van der Waals surface area contributed by atoms with Crippen molar-refractivity contribution < 1.29 is 23.9 Å². The first-order valence-electron chi connectivity index (χ1n) is 6.22. The summed E-state index contributed by atoms with van der Waals surface area (Å²) in [4.78, 5) is 35.0. The fraction of sp³-hybridized carbons (Fsp3) is 0.133. The van der Waals surface area contributed by atoms with Crippen LogP contribution in [0.2, 0.25) is 0 Å². The van der Waals surface area contributed by atoms with Gasteiger partial charge in [0, 0.05) is 5.56 Å². The summed E-state index contributed by atoms with van der Waals surface area (Å²) in [5, 5.41) is 4.74. The second-order valence-corrected chi connectivity index (χ2v) is 5.09. The summed E-state index contributed by atoms with van der Waals surface area (Å²) in [5.74, 6) is -1.38. The molecular weight excluding hydrogens is 306 g/mol. The molecule has 6 nitrogen and oxygen atoms in total. The second kappa shape index (κ2) is 6.86. The molecular formula is C15H13NO5S. The van der Waals surface area contributed by atoms with Gasteiger partial charge in [-0.15, -0.1) is 11.3 Å². The first-order chi connectivity index (χ1) is 10.6. The highest BCUT2D eigenvalue weighted by Crippen LogP contribution is 2.24. The fourth-order valence-corrected chi connectivity index (χ4v) is 2.50. The summed E-state index contributed by atoms with van der Waals surface area (Å²) < 4.78 is 9.23. The Labute approximate surface area is 130 Å². The van der Waals surface area contributed by atoms with E-state index in [0.29, 0.717) is 21.7 Å². The summed E-state index contributed by atoms with van der Waals surface area (Å²) in [6.07, 6.45) is 0. The third-order valence-electron chi connectivity index (χ3n) is 2.87. The van der Waals surface area contributed by atoms with Crippen LogP contribution in [0.3, 0.4) is 0 Å². The van der Waals surface area contributed by atoms with Crippen molar-refractivity contribution in [3.8, 4) is 0 Å². The number of amides is 1. The third kappa shape index (κ3) is 3.32. The van der Waals surface area contributed by atoms with Gasteiger partial charge >= 0.3 is 11.9 Å². The van der Waals surface area contributed by atoms with Crippen LogP contribution in [-0.2, 0) is 9.47 Å². The number of thiophene rings is 1.